The highest BCUT2D eigenvalue weighted by Crippen LogP contribution is 2.17. The molecule has 3 heteroatoms. The van der Waals surface area contributed by atoms with E-state index in [2.05, 4.69) is 9.97 Å². The van der Waals surface area contributed by atoms with Gasteiger partial charge < -0.3 is 5.11 Å². The minimum atomic E-state index is -0.540. The summed E-state index contributed by atoms with van der Waals surface area (Å²) in [6, 6.07) is 7.59. The lowest BCUT2D eigenvalue weighted by Gasteiger charge is -2.11. The van der Waals surface area contributed by atoms with Crippen LogP contribution < -0.4 is 0 Å². The van der Waals surface area contributed by atoms with Crippen LogP contribution in [-0.4, -0.2) is 15.1 Å². The van der Waals surface area contributed by atoms with Crippen molar-refractivity contribution in [3.63, 3.8) is 0 Å². The van der Waals surface area contributed by atoms with Gasteiger partial charge in [0.05, 0.1) is 6.10 Å². The lowest BCUT2D eigenvalue weighted by molar-refractivity contribution is 0.176. The maximum Gasteiger partial charge on any atom is 0.0860 e. The standard InChI is InChI=1S/C13H14N2O/c1-10-4-2-7-15-12(10)8-13(16)11-5-3-6-14-9-11/h2-7,9,13,16H,8H2,1H3. The molecule has 0 aromatic carbocycles. The van der Waals surface area contributed by atoms with E-state index in [1.807, 2.05) is 31.2 Å². The average molecular weight is 214 g/mol. The fraction of sp³-hybridized carbons (Fsp3) is 0.231. The molecule has 0 aliphatic carbocycles. The zero-order valence-corrected chi connectivity index (χ0v) is 9.17. The molecule has 1 unspecified atom stereocenters. The molecule has 0 radical (unpaired) electrons. The topological polar surface area (TPSA) is 46.0 Å². The largest absolute Gasteiger partial charge is 0.388 e. The van der Waals surface area contributed by atoms with Crippen LogP contribution in [0.25, 0.3) is 0 Å². The second kappa shape index (κ2) is 4.86. The molecule has 0 saturated carbocycles. The second-order valence-corrected chi connectivity index (χ2v) is 3.77. The molecule has 1 N–H and O–H groups in total. The Labute approximate surface area is 94.8 Å². The Hall–Kier alpha value is -1.74. The summed E-state index contributed by atoms with van der Waals surface area (Å²) in [6.45, 7) is 2.00. The third-order valence-corrected chi connectivity index (χ3v) is 2.57. The van der Waals surface area contributed by atoms with Crippen LogP contribution in [0.2, 0.25) is 0 Å². The van der Waals surface area contributed by atoms with Gasteiger partial charge in [0.25, 0.3) is 0 Å². The molecule has 3 nitrogen and oxygen atoms in total. The maximum absolute atomic E-state index is 10.0. The first-order chi connectivity index (χ1) is 7.77. The van der Waals surface area contributed by atoms with Crippen molar-refractivity contribution in [2.75, 3.05) is 0 Å². The highest BCUT2D eigenvalue weighted by molar-refractivity contribution is 5.21. The number of aliphatic hydroxyl groups is 1. The van der Waals surface area contributed by atoms with Gasteiger partial charge >= 0.3 is 0 Å². The number of hydrogen-bond acceptors (Lipinski definition) is 3. The molecule has 2 aromatic heterocycles. The van der Waals surface area contributed by atoms with E-state index in [-0.39, 0.29) is 0 Å². The Kier molecular flexibility index (Phi) is 3.27. The smallest absolute Gasteiger partial charge is 0.0860 e. The Morgan fingerprint density at radius 2 is 2.06 bits per heavy atom. The van der Waals surface area contributed by atoms with Crippen LogP contribution in [-0.2, 0) is 6.42 Å². The fourth-order valence-electron chi connectivity index (χ4n) is 1.61. The predicted octanol–water partition coefficient (Wildman–Crippen LogP) is 2.06. The number of aryl methyl sites for hydroxylation is 1. The number of nitrogens with zero attached hydrogens (tertiary/aromatic N) is 2. The second-order valence-electron chi connectivity index (χ2n) is 3.77. The molecule has 0 aliphatic heterocycles. The van der Waals surface area contributed by atoms with Crippen LogP contribution in [0.15, 0.2) is 42.9 Å². The summed E-state index contributed by atoms with van der Waals surface area (Å²) in [7, 11) is 0. The quantitative estimate of drug-likeness (QED) is 0.850. The Bertz CT molecular complexity index is 456. The fourth-order valence-corrected chi connectivity index (χ4v) is 1.61. The summed E-state index contributed by atoms with van der Waals surface area (Å²) in [4.78, 5) is 8.25. The van der Waals surface area contributed by atoms with Gasteiger partial charge in [-0.15, -0.1) is 0 Å². The number of hydrogen-bond donors (Lipinski definition) is 1. The van der Waals surface area contributed by atoms with Crippen LogP contribution in [0.3, 0.4) is 0 Å². The Morgan fingerprint density at radius 3 is 2.75 bits per heavy atom. The normalized spacial score (nSPS) is 12.4. The first-order valence-electron chi connectivity index (χ1n) is 5.26. The van der Waals surface area contributed by atoms with Gasteiger partial charge in [-0.05, 0) is 30.2 Å². The number of aromatic nitrogens is 2. The summed E-state index contributed by atoms with van der Waals surface area (Å²) >= 11 is 0. The molecule has 0 amide bonds. The summed E-state index contributed by atoms with van der Waals surface area (Å²) in [6.07, 6.45) is 5.12. The van der Waals surface area contributed by atoms with Crippen molar-refractivity contribution >= 4 is 0 Å². The first kappa shape index (κ1) is 10.8. The molecule has 2 aromatic rings. The van der Waals surface area contributed by atoms with Crippen LogP contribution >= 0.6 is 0 Å². The van der Waals surface area contributed by atoms with E-state index in [4.69, 9.17) is 0 Å². The minimum absolute atomic E-state index is 0.526. The van der Waals surface area contributed by atoms with E-state index >= 15 is 0 Å². The molecular formula is C13H14N2O. The van der Waals surface area contributed by atoms with Crippen molar-refractivity contribution in [3.05, 3.63) is 59.7 Å². The molecule has 0 saturated heterocycles. The zero-order chi connectivity index (χ0) is 11.4. The van der Waals surface area contributed by atoms with E-state index < -0.39 is 6.10 Å². The molecular weight excluding hydrogens is 200 g/mol. The third-order valence-electron chi connectivity index (χ3n) is 2.57. The number of pyridine rings is 2. The van der Waals surface area contributed by atoms with E-state index in [0.717, 1.165) is 16.8 Å². The molecule has 16 heavy (non-hydrogen) atoms. The molecule has 82 valence electrons. The van der Waals surface area contributed by atoms with Crippen LogP contribution in [0.4, 0.5) is 0 Å². The summed E-state index contributed by atoms with van der Waals surface area (Å²) in [5.41, 5.74) is 2.86. The molecule has 2 heterocycles. The van der Waals surface area contributed by atoms with Crippen molar-refractivity contribution < 1.29 is 5.11 Å². The van der Waals surface area contributed by atoms with Gasteiger partial charge in [0.1, 0.15) is 0 Å². The van der Waals surface area contributed by atoms with Crippen LogP contribution in [0.1, 0.15) is 22.9 Å². The number of aliphatic hydroxyl groups excluding tert-OH is 1. The molecule has 0 fully saturated rings. The van der Waals surface area contributed by atoms with Crippen molar-refractivity contribution in [1.82, 2.24) is 9.97 Å². The molecule has 1 atom stereocenters. The highest BCUT2D eigenvalue weighted by Gasteiger charge is 2.10. The van der Waals surface area contributed by atoms with Gasteiger partial charge in [-0.25, -0.2) is 0 Å². The Balaban J connectivity index is 2.14. The highest BCUT2D eigenvalue weighted by atomic mass is 16.3. The zero-order valence-electron chi connectivity index (χ0n) is 9.17. The third kappa shape index (κ3) is 2.44. The van der Waals surface area contributed by atoms with Gasteiger partial charge in [0.2, 0.25) is 0 Å². The Morgan fingerprint density at radius 1 is 1.25 bits per heavy atom. The average Bonchev–Trinajstić information content (AvgIpc) is 2.33. The van der Waals surface area contributed by atoms with Gasteiger partial charge in [-0.1, -0.05) is 12.1 Å². The molecule has 0 spiro atoms. The molecule has 2 rings (SSSR count). The SMILES string of the molecule is Cc1cccnc1CC(O)c1cccnc1. The van der Waals surface area contributed by atoms with Crippen molar-refractivity contribution in [2.24, 2.45) is 0 Å². The summed E-state index contributed by atoms with van der Waals surface area (Å²) < 4.78 is 0. The van der Waals surface area contributed by atoms with E-state index in [9.17, 15) is 5.11 Å². The maximum atomic E-state index is 10.0. The number of rotatable bonds is 3. The van der Waals surface area contributed by atoms with Crippen LogP contribution in [0, 0.1) is 6.92 Å². The van der Waals surface area contributed by atoms with Crippen molar-refractivity contribution in [1.29, 1.82) is 0 Å². The van der Waals surface area contributed by atoms with Gasteiger partial charge in [-0.2, -0.15) is 0 Å². The molecule has 0 aliphatic rings. The van der Waals surface area contributed by atoms with Gasteiger partial charge in [-0.3, -0.25) is 9.97 Å². The summed E-state index contributed by atoms with van der Waals surface area (Å²) in [5.74, 6) is 0. The summed E-state index contributed by atoms with van der Waals surface area (Å²) in [5, 5.41) is 10.0. The monoisotopic (exact) mass is 214 g/mol. The lowest BCUT2D eigenvalue weighted by Crippen LogP contribution is -2.05. The predicted molar refractivity (Wildman–Crippen MR) is 61.9 cm³/mol. The van der Waals surface area contributed by atoms with Gasteiger partial charge in [0, 0.05) is 30.7 Å². The van der Waals surface area contributed by atoms with E-state index in [0.29, 0.717) is 6.42 Å². The van der Waals surface area contributed by atoms with Crippen molar-refractivity contribution in [3.8, 4) is 0 Å². The van der Waals surface area contributed by atoms with E-state index in [1.54, 1.807) is 18.6 Å². The minimum Gasteiger partial charge on any atom is -0.388 e. The van der Waals surface area contributed by atoms with Crippen LogP contribution in [0.5, 0.6) is 0 Å². The van der Waals surface area contributed by atoms with Crippen molar-refractivity contribution in [2.45, 2.75) is 19.4 Å². The lowest BCUT2D eigenvalue weighted by atomic mass is 10.0. The van der Waals surface area contributed by atoms with E-state index in [1.165, 1.54) is 0 Å². The van der Waals surface area contributed by atoms with Gasteiger partial charge in [0.15, 0.2) is 0 Å². The molecule has 0 bridgehead atoms. The first-order valence-corrected chi connectivity index (χ1v) is 5.26.